The van der Waals surface area contributed by atoms with Crippen LogP contribution < -0.4 is 0 Å². The van der Waals surface area contributed by atoms with E-state index in [-0.39, 0.29) is 0 Å². The topological polar surface area (TPSA) is 69.6 Å². The lowest BCUT2D eigenvalue weighted by molar-refractivity contribution is 0.425. The zero-order valence-electron chi connectivity index (χ0n) is 13.8. The van der Waals surface area contributed by atoms with Gasteiger partial charge in [0.1, 0.15) is 0 Å². The van der Waals surface area contributed by atoms with Crippen LogP contribution in [0.1, 0.15) is 5.82 Å². The summed E-state index contributed by atoms with van der Waals surface area (Å²) >= 11 is 7.41. The Morgan fingerprint density at radius 1 is 1.00 bits per heavy atom. The van der Waals surface area contributed by atoms with Crippen LogP contribution in [0.4, 0.5) is 0 Å². The van der Waals surface area contributed by atoms with Gasteiger partial charge in [-0.1, -0.05) is 58.9 Å². The van der Waals surface area contributed by atoms with Gasteiger partial charge in [0.2, 0.25) is 0 Å². The van der Waals surface area contributed by atoms with Crippen LogP contribution in [0.25, 0.3) is 22.8 Å². The van der Waals surface area contributed by atoms with Crippen LogP contribution in [0, 0.1) is 0 Å². The molecule has 26 heavy (non-hydrogen) atoms. The molecule has 0 amide bonds. The molecule has 0 saturated carbocycles. The van der Waals surface area contributed by atoms with E-state index in [9.17, 15) is 0 Å². The van der Waals surface area contributed by atoms with Gasteiger partial charge in [-0.05, 0) is 24.3 Å². The van der Waals surface area contributed by atoms with Gasteiger partial charge in [-0.3, -0.25) is 0 Å². The fourth-order valence-electron chi connectivity index (χ4n) is 2.43. The van der Waals surface area contributed by atoms with Crippen molar-refractivity contribution in [2.75, 3.05) is 0 Å². The van der Waals surface area contributed by atoms with Crippen molar-refractivity contribution in [3.8, 4) is 22.8 Å². The summed E-state index contributed by atoms with van der Waals surface area (Å²) in [4.78, 5) is 4.42. The molecule has 2 aromatic carbocycles. The van der Waals surface area contributed by atoms with Crippen LogP contribution in [0.3, 0.4) is 0 Å². The molecule has 130 valence electrons. The maximum Gasteiger partial charge on any atom is 0.257 e. The Hall–Kier alpha value is -2.64. The van der Waals surface area contributed by atoms with E-state index in [1.54, 1.807) is 12.1 Å². The second kappa shape index (κ2) is 7.31. The molecular formula is C18H14ClN5OS. The van der Waals surface area contributed by atoms with E-state index < -0.39 is 0 Å². The molecule has 0 aliphatic rings. The van der Waals surface area contributed by atoms with E-state index >= 15 is 0 Å². The van der Waals surface area contributed by atoms with Crippen molar-refractivity contribution in [3.63, 3.8) is 0 Å². The Balaban J connectivity index is 1.47. The average molecular weight is 384 g/mol. The molecule has 0 aliphatic carbocycles. The first kappa shape index (κ1) is 16.8. The molecule has 0 radical (unpaired) electrons. The Kier molecular flexibility index (Phi) is 4.73. The van der Waals surface area contributed by atoms with E-state index in [2.05, 4.69) is 20.3 Å². The second-order valence-corrected chi connectivity index (χ2v) is 6.92. The number of thioether (sulfide) groups is 1. The number of halogens is 1. The van der Waals surface area contributed by atoms with Gasteiger partial charge in [0, 0.05) is 23.2 Å². The van der Waals surface area contributed by atoms with Crippen LogP contribution in [0.5, 0.6) is 0 Å². The number of nitrogens with zero attached hydrogens (tertiary/aromatic N) is 5. The van der Waals surface area contributed by atoms with E-state index in [0.29, 0.717) is 22.5 Å². The molecule has 2 aromatic heterocycles. The highest BCUT2D eigenvalue weighted by Gasteiger charge is 2.14. The Labute approximate surface area is 159 Å². The van der Waals surface area contributed by atoms with Crippen molar-refractivity contribution in [2.45, 2.75) is 10.9 Å². The SMILES string of the molecule is Cn1c(SCc2noc(-c3ccc(Cl)cc3)n2)nnc1-c1ccccc1. The summed E-state index contributed by atoms with van der Waals surface area (Å²) in [6.45, 7) is 0. The molecule has 8 heteroatoms. The predicted octanol–water partition coefficient (Wildman–Crippen LogP) is 4.48. The third-order valence-electron chi connectivity index (χ3n) is 3.76. The molecule has 4 rings (SSSR count). The zero-order chi connectivity index (χ0) is 17.9. The minimum absolute atomic E-state index is 0.472. The van der Waals surface area contributed by atoms with Gasteiger partial charge in [0.05, 0.1) is 5.75 Å². The first-order chi connectivity index (χ1) is 12.7. The number of hydrogen-bond donors (Lipinski definition) is 0. The third kappa shape index (κ3) is 3.49. The molecule has 6 nitrogen and oxygen atoms in total. The number of benzene rings is 2. The smallest absolute Gasteiger partial charge is 0.257 e. The second-order valence-electron chi connectivity index (χ2n) is 5.54. The first-order valence-electron chi connectivity index (χ1n) is 7.87. The van der Waals surface area contributed by atoms with Crippen molar-refractivity contribution in [3.05, 3.63) is 65.4 Å². The minimum Gasteiger partial charge on any atom is -0.334 e. The monoisotopic (exact) mass is 383 g/mol. The predicted molar refractivity (Wildman–Crippen MR) is 101 cm³/mol. The number of rotatable bonds is 5. The van der Waals surface area contributed by atoms with Crippen LogP contribution in [-0.4, -0.2) is 24.9 Å². The summed E-state index contributed by atoms with van der Waals surface area (Å²) < 4.78 is 7.28. The highest BCUT2D eigenvalue weighted by molar-refractivity contribution is 7.98. The molecule has 2 heterocycles. The van der Waals surface area contributed by atoms with E-state index in [4.69, 9.17) is 16.1 Å². The maximum atomic E-state index is 5.90. The van der Waals surface area contributed by atoms with Crippen LogP contribution in [-0.2, 0) is 12.8 Å². The standard InChI is InChI=1S/C18H14ClN5OS/c1-24-16(12-5-3-2-4-6-12)21-22-18(24)26-11-15-20-17(25-23-15)13-7-9-14(19)10-8-13/h2-10H,11H2,1H3. The lowest BCUT2D eigenvalue weighted by Gasteiger charge is -2.02. The lowest BCUT2D eigenvalue weighted by Crippen LogP contribution is -1.95. The number of hydrogen-bond acceptors (Lipinski definition) is 6. The molecule has 0 atom stereocenters. The molecule has 0 unspecified atom stereocenters. The van der Waals surface area contributed by atoms with Crippen LogP contribution in [0.2, 0.25) is 5.02 Å². The van der Waals surface area contributed by atoms with Gasteiger partial charge in [-0.25, -0.2) is 0 Å². The first-order valence-corrected chi connectivity index (χ1v) is 9.23. The van der Waals surface area contributed by atoms with Gasteiger partial charge >= 0.3 is 0 Å². The molecule has 0 bridgehead atoms. The van der Waals surface area contributed by atoms with Gasteiger partial charge in [0.15, 0.2) is 16.8 Å². The fourth-order valence-corrected chi connectivity index (χ4v) is 3.31. The van der Waals surface area contributed by atoms with E-state index in [1.807, 2.05) is 54.1 Å². The Bertz CT molecular complexity index is 1010. The normalized spacial score (nSPS) is 11.0. The van der Waals surface area contributed by atoms with Gasteiger partial charge in [-0.2, -0.15) is 4.98 Å². The lowest BCUT2D eigenvalue weighted by atomic mass is 10.2. The highest BCUT2D eigenvalue weighted by Crippen LogP contribution is 2.25. The molecular weight excluding hydrogens is 370 g/mol. The fraction of sp³-hybridized carbons (Fsp3) is 0.111. The molecule has 0 fully saturated rings. The molecule has 0 spiro atoms. The third-order valence-corrected chi connectivity index (χ3v) is 5.02. The van der Waals surface area contributed by atoms with Gasteiger partial charge in [0.25, 0.3) is 5.89 Å². The van der Waals surface area contributed by atoms with Crippen molar-refractivity contribution in [1.82, 2.24) is 24.9 Å². The minimum atomic E-state index is 0.472. The highest BCUT2D eigenvalue weighted by atomic mass is 35.5. The summed E-state index contributed by atoms with van der Waals surface area (Å²) in [5.74, 6) is 2.44. The summed E-state index contributed by atoms with van der Waals surface area (Å²) in [5.41, 5.74) is 1.86. The van der Waals surface area contributed by atoms with Crippen molar-refractivity contribution < 1.29 is 4.52 Å². The number of aromatic nitrogens is 5. The van der Waals surface area contributed by atoms with E-state index in [1.165, 1.54) is 11.8 Å². The quantitative estimate of drug-likeness (QED) is 0.473. The van der Waals surface area contributed by atoms with Gasteiger partial charge < -0.3 is 9.09 Å². The van der Waals surface area contributed by atoms with Crippen LogP contribution >= 0.6 is 23.4 Å². The van der Waals surface area contributed by atoms with Crippen molar-refractivity contribution in [1.29, 1.82) is 0 Å². The van der Waals surface area contributed by atoms with Crippen molar-refractivity contribution >= 4 is 23.4 Å². The average Bonchev–Trinajstić information content (AvgIpc) is 3.28. The summed E-state index contributed by atoms with van der Waals surface area (Å²) in [6.07, 6.45) is 0. The van der Waals surface area contributed by atoms with Crippen LogP contribution in [0.15, 0.2) is 64.3 Å². The molecule has 0 saturated heterocycles. The van der Waals surface area contributed by atoms with Crippen molar-refractivity contribution in [2.24, 2.45) is 7.05 Å². The van der Waals surface area contributed by atoms with E-state index in [0.717, 1.165) is 22.1 Å². The maximum absolute atomic E-state index is 5.90. The molecule has 0 aliphatic heterocycles. The largest absolute Gasteiger partial charge is 0.334 e. The molecule has 0 N–H and O–H groups in total. The Morgan fingerprint density at radius 3 is 2.54 bits per heavy atom. The summed E-state index contributed by atoms with van der Waals surface area (Å²) in [7, 11) is 1.94. The summed E-state index contributed by atoms with van der Waals surface area (Å²) in [6, 6.07) is 17.2. The molecule has 4 aromatic rings. The Morgan fingerprint density at radius 2 is 1.77 bits per heavy atom. The zero-order valence-corrected chi connectivity index (χ0v) is 15.4. The van der Waals surface area contributed by atoms with Gasteiger partial charge in [-0.15, -0.1) is 10.2 Å². The summed E-state index contributed by atoms with van der Waals surface area (Å²) in [5, 5.41) is 14.0.